The number of rotatable bonds is 5. The second kappa shape index (κ2) is 8.28. The fraction of sp³-hybridized carbons (Fsp3) is 0.381. The van der Waals surface area contributed by atoms with Crippen LogP contribution in [0.3, 0.4) is 0 Å². The average molecular weight is 338 g/mol. The van der Waals surface area contributed by atoms with E-state index in [9.17, 15) is 4.79 Å². The molecule has 1 amide bonds. The first kappa shape index (κ1) is 17.6. The Hall–Kier alpha value is -2.17. The van der Waals surface area contributed by atoms with Crippen molar-refractivity contribution in [2.75, 3.05) is 40.3 Å². The monoisotopic (exact) mass is 338 g/mol. The van der Waals surface area contributed by atoms with Crippen molar-refractivity contribution >= 4 is 5.91 Å². The number of carbonyl (C=O) groups excluding carboxylic acids is 1. The van der Waals surface area contributed by atoms with E-state index < -0.39 is 0 Å². The van der Waals surface area contributed by atoms with Crippen molar-refractivity contribution in [2.24, 2.45) is 0 Å². The third kappa shape index (κ3) is 4.47. The van der Waals surface area contributed by atoms with Gasteiger partial charge in [0.15, 0.2) is 0 Å². The smallest absolute Gasteiger partial charge is 0.234 e. The van der Waals surface area contributed by atoms with E-state index in [2.05, 4.69) is 11.9 Å². The van der Waals surface area contributed by atoms with Crippen LogP contribution < -0.4 is 0 Å². The molecule has 0 bridgehead atoms. The summed E-state index contributed by atoms with van der Waals surface area (Å²) in [6, 6.07) is 20.0. The standard InChI is InChI=1S/C21H26N2O2/c1-22-13-14-25-19(15-22)16-23(2)21(24)20(17-9-5-3-6-10-17)18-11-7-4-8-12-18/h3-12,19-20H,13-16H2,1-2H3. The van der Waals surface area contributed by atoms with Crippen molar-refractivity contribution in [1.82, 2.24) is 9.80 Å². The van der Waals surface area contributed by atoms with Gasteiger partial charge in [-0.3, -0.25) is 4.79 Å². The quantitative estimate of drug-likeness (QED) is 0.840. The highest BCUT2D eigenvalue weighted by Gasteiger charge is 2.28. The van der Waals surface area contributed by atoms with Gasteiger partial charge in [0.05, 0.1) is 18.6 Å². The molecule has 1 fully saturated rings. The van der Waals surface area contributed by atoms with Crippen LogP contribution in [-0.4, -0.2) is 62.1 Å². The number of hydrogen-bond acceptors (Lipinski definition) is 3. The van der Waals surface area contributed by atoms with Crippen molar-refractivity contribution in [3.8, 4) is 0 Å². The molecule has 1 aliphatic rings. The summed E-state index contributed by atoms with van der Waals surface area (Å²) < 4.78 is 5.82. The molecule has 4 nitrogen and oxygen atoms in total. The van der Waals surface area contributed by atoms with Gasteiger partial charge in [0.1, 0.15) is 0 Å². The second-order valence-electron chi connectivity index (χ2n) is 6.73. The summed E-state index contributed by atoms with van der Waals surface area (Å²) in [5.74, 6) is -0.178. The fourth-order valence-corrected chi connectivity index (χ4v) is 3.36. The number of benzene rings is 2. The maximum absolute atomic E-state index is 13.3. The predicted octanol–water partition coefficient (Wildman–Crippen LogP) is 2.61. The van der Waals surface area contributed by atoms with E-state index in [1.165, 1.54) is 0 Å². The number of amides is 1. The molecule has 1 heterocycles. The van der Waals surface area contributed by atoms with E-state index in [-0.39, 0.29) is 17.9 Å². The van der Waals surface area contributed by atoms with Gasteiger partial charge in [-0.1, -0.05) is 60.7 Å². The molecule has 0 aromatic heterocycles. The lowest BCUT2D eigenvalue weighted by Gasteiger charge is -2.33. The van der Waals surface area contributed by atoms with Gasteiger partial charge in [-0.25, -0.2) is 0 Å². The maximum Gasteiger partial charge on any atom is 0.234 e. The van der Waals surface area contributed by atoms with Crippen LogP contribution in [0.5, 0.6) is 0 Å². The minimum atomic E-state index is -0.284. The summed E-state index contributed by atoms with van der Waals surface area (Å²) in [6.07, 6.45) is 0.0693. The highest BCUT2D eigenvalue weighted by Crippen LogP contribution is 2.26. The summed E-state index contributed by atoms with van der Waals surface area (Å²) >= 11 is 0. The molecule has 0 aliphatic carbocycles. The zero-order valence-corrected chi connectivity index (χ0v) is 15.0. The van der Waals surface area contributed by atoms with Gasteiger partial charge in [-0.05, 0) is 18.2 Å². The Bertz CT molecular complexity index is 635. The van der Waals surface area contributed by atoms with Gasteiger partial charge in [-0.15, -0.1) is 0 Å². The Balaban J connectivity index is 1.79. The van der Waals surface area contributed by atoms with Gasteiger partial charge in [-0.2, -0.15) is 0 Å². The molecule has 0 saturated carbocycles. The van der Waals surface area contributed by atoms with Crippen molar-refractivity contribution in [3.05, 3.63) is 71.8 Å². The molecule has 25 heavy (non-hydrogen) atoms. The normalized spacial score (nSPS) is 18.3. The molecule has 4 heteroatoms. The summed E-state index contributed by atoms with van der Waals surface area (Å²) in [5, 5.41) is 0. The lowest BCUT2D eigenvalue weighted by Crippen LogP contribution is -2.47. The number of morpholine rings is 1. The summed E-state index contributed by atoms with van der Waals surface area (Å²) in [6.45, 7) is 3.15. The van der Waals surface area contributed by atoms with Crippen LogP contribution in [0.1, 0.15) is 17.0 Å². The zero-order valence-electron chi connectivity index (χ0n) is 15.0. The first-order chi connectivity index (χ1) is 12.1. The molecular formula is C21H26N2O2. The van der Waals surface area contributed by atoms with E-state index in [0.29, 0.717) is 6.54 Å². The van der Waals surface area contributed by atoms with E-state index in [1.807, 2.05) is 72.6 Å². The molecule has 1 aliphatic heterocycles. The Morgan fingerprint density at radius 2 is 1.68 bits per heavy atom. The van der Waals surface area contributed by atoms with Gasteiger partial charge >= 0.3 is 0 Å². The molecule has 3 rings (SSSR count). The summed E-state index contributed by atoms with van der Waals surface area (Å²) in [4.78, 5) is 17.3. The van der Waals surface area contributed by atoms with Gasteiger partial charge in [0, 0.05) is 26.7 Å². The van der Waals surface area contributed by atoms with Crippen LogP contribution >= 0.6 is 0 Å². The van der Waals surface area contributed by atoms with Crippen LogP contribution in [0.15, 0.2) is 60.7 Å². The van der Waals surface area contributed by atoms with Crippen LogP contribution in [-0.2, 0) is 9.53 Å². The Labute approximate surface area is 150 Å². The third-order valence-electron chi connectivity index (χ3n) is 4.71. The molecule has 1 unspecified atom stereocenters. The number of nitrogens with zero attached hydrogens (tertiary/aromatic N) is 2. The molecular weight excluding hydrogens is 312 g/mol. The molecule has 2 aromatic carbocycles. The third-order valence-corrected chi connectivity index (χ3v) is 4.71. The van der Waals surface area contributed by atoms with Crippen LogP contribution in [0.2, 0.25) is 0 Å². The largest absolute Gasteiger partial charge is 0.374 e. The van der Waals surface area contributed by atoms with Gasteiger partial charge in [0.25, 0.3) is 0 Å². The van der Waals surface area contributed by atoms with Crippen molar-refractivity contribution in [2.45, 2.75) is 12.0 Å². The molecule has 1 atom stereocenters. The first-order valence-electron chi connectivity index (χ1n) is 8.80. The molecule has 2 aromatic rings. The minimum Gasteiger partial charge on any atom is -0.374 e. The van der Waals surface area contributed by atoms with E-state index in [0.717, 1.165) is 30.8 Å². The fourth-order valence-electron chi connectivity index (χ4n) is 3.36. The van der Waals surface area contributed by atoms with Gasteiger partial charge in [0.2, 0.25) is 5.91 Å². The van der Waals surface area contributed by atoms with Crippen LogP contribution in [0.4, 0.5) is 0 Å². The van der Waals surface area contributed by atoms with E-state index in [1.54, 1.807) is 0 Å². The predicted molar refractivity (Wildman–Crippen MR) is 99.6 cm³/mol. The molecule has 0 radical (unpaired) electrons. The molecule has 1 saturated heterocycles. The lowest BCUT2D eigenvalue weighted by molar-refractivity contribution is -0.133. The van der Waals surface area contributed by atoms with Crippen molar-refractivity contribution in [3.63, 3.8) is 0 Å². The average Bonchev–Trinajstić information content (AvgIpc) is 2.63. The number of hydrogen-bond donors (Lipinski definition) is 0. The Kier molecular flexibility index (Phi) is 5.84. The number of ether oxygens (including phenoxy) is 1. The molecule has 0 N–H and O–H groups in total. The Morgan fingerprint density at radius 3 is 2.20 bits per heavy atom. The molecule has 132 valence electrons. The highest BCUT2D eigenvalue weighted by molar-refractivity contribution is 5.87. The summed E-state index contributed by atoms with van der Waals surface area (Å²) in [7, 11) is 3.97. The first-order valence-corrected chi connectivity index (χ1v) is 8.80. The number of carbonyl (C=O) groups is 1. The molecule has 0 spiro atoms. The van der Waals surface area contributed by atoms with Gasteiger partial charge < -0.3 is 14.5 Å². The Morgan fingerprint density at radius 1 is 1.12 bits per heavy atom. The second-order valence-corrected chi connectivity index (χ2v) is 6.73. The van der Waals surface area contributed by atoms with Crippen molar-refractivity contribution < 1.29 is 9.53 Å². The highest BCUT2D eigenvalue weighted by atomic mass is 16.5. The van der Waals surface area contributed by atoms with Crippen LogP contribution in [0, 0.1) is 0 Å². The SMILES string of the molecule is CN1CCOC(CN(C)C(=O)C(c2ccccc2)c2ccccc2)C1. The minimum absolute atomic E-state index is 0.0693. The lowest BCUT2D eigenvalue weighted by atomic mass is 9.90. The maximum atomic E-state index is 13.3. The van der Waals surface area contributed by atoms with E-state index in [4.69, 9.17) is 4.74 Å². The summed E-state index contributed by atoms with van der Waals surface area (Å²) in [5.41, 5.74) is 2.04. The van der Waals surface area contributed by atoms with Crippen molar-refractivity contribution in [1.29, 1.82) is 0 Å². The van der Waals surface area contributed by atoms with Crippen LogP contribution in [0.25, 0.3) is 0 Å². The van der Waals surface area contributed by atoms with E-state index >= 15 is 0 Å². The number of likely N-dealkylation sites (N-methyl/N-ethyl adjacent to an activating group) is 2. The topological polar surface area (TPSA) is 32.8 Å². The zero-order chi connectivity index (χ0) is 17.6.